The van der Waals surface area contributed by atoms with Gasteiger partial charge in [-0.2, -0.15) is 0 Å². The summed E-state index contributed by atoms with van der Waals surface area (Å²) in [7, 11) is 0. The van der Waals surface area contributed by atoms with Crippen molar-refractivity contribution in [3.63, 3.8) is 0 Å². The molecule has 1 heterocycles. The van der Waals surface area contributed by atoms with Gasteiger partial charge in [0.25, 0.3) is 0 Å². The highest BCUT2D eigenvalue weighted by Gasteiger charge is 2.53. The molecule has 0 aromatic heterocycles. The smallest absolute Gasteiger partial charge is 0.408 e. The zero-order chi connectivity index (χ0) is 29.8. The van der Waals surface area contributed by atoms with E-state index >= 15 is 0 Å². The van der Waals surface area contributed by atoms with Crippen LogP contribution < -0.4 is 10.6 Å². The van der Waals surface area contributed by atoms with Crippen molar-refractivity contribution < 1.29 is 69.4 Å². The molecule has 2 aliphatic rings. The summed E-state index contributed by atoms with van der Waals surface area (Å²) in [5.74, 6) is -1.24. The van der Waals surface area contributed by atoms with E-state index in [4.69, 9.17) is 14.2 Å². The van der Waals surface area contributed by atoms with Crippen LogP contribution in [0.5, 0.6) is 0 Å². The molecule has 2 amide bonds. The maximum atomic E-state index is 13.2. The summed E-state index contributed by atoms with van der Waals surface area (Å²) < 4.78 is 16.1. The van der Waals surface area contributed by atoms with E-state index in [2.05, 4.69) is 10.6 Å². The lowest BCUT2D eigenvalue weighted by molar-refractivity contribution is -0.319. The molecule has 226 valence electrons. The molecule has 0 aromatic rings. The van der Waals surface area contributed by atoms with Crippen LogP contribution >= 0.6 is 11.8 Å². The number of hydrogen-bond donors (Lipinski definition) is 10. The van der Waals surface area contributed by atoms with Crippen LogP contribution in [-0.2, 0) is 23.8 Å². The van der Waals surface area contributed by atoms with E-state index in [1.54, 1.807) is 20.8 Å². The molecule has 0 radical (unpaired) electrons. The Kier molecular flexibility index (Phi) is 11.9. The van der Waals surface area contributed by atoms with Crippen LogP contribution in [0.3, 0.4) is 0 Å². The second-order valence-corrected chi connectivity index (χ2v) is 11.5. The topological polar surface area (TPSA) is 265 Å². The van der Waals surface area contributed by atoms with Crippen molar-refractivity contribution in [3.05, 3.63) is 0 Å². The zero-order valence-electron chi connectivity index (χ0n) is 21.8. The van der Waals surface area contributed by atoms with Gasteiger partial charge in [0, 0.05) is 12.7 Å². The van der Waals surface area contributed by atoms with Crippen LogP contribution in [0, 0.1) is 0 Å². The number of carbonyl (C=O) groups excluding carboxylic acids is 3. The van der Waals surface area contributed by atoms with Crippen molar-refractivity contribution in [2.75, 3.05) is 12.4 Å². The lowest BCUT2D eigenvalue weighted by Crippen LogP contribution is -2.70. The van der Waals surface area contributed by atoms with E-state index in [0.29, 0.717) is 11.8 Å². The second kappa shape index (κ2) is 13.8. The monoisotopic (exact) mass is 586 g/mol. The first-order valence-corrected chi connectivity index (χ1v) is 13.1. The predicted octanol–water partition coefficient (Wildman–Crippen LogP) is -4.71. The summed E-state index contributed by atoms with van der Waals surface area (Å²) >= 11 is 0.703. The number of hydrogen-bond acceptors (Lipinski definition) is 15. The van der Waals surface area contributed by atoms with E-state index in [1.807, 2.05) is 0 Å². The number of alkyl carbamates (subject to hydrolysis) is 1. The highest BCUT2D eigenvalue weighted by Crippen LogP contribution is 2.29. The predicted molar refractivity (Wildman–Crippen MR) is 131 cm³/mol. The summed E-state index contributed by atoms with van der Waals surface area (Å²) in [6, 6.07) is -3.07. The Morgan fingerprint density at radius 1 is 0.897 bits per heavy atom. The van der Waals surface area contributed by atoms with Crippen molar-refractivity contribution in [1.29, 1.82) is 0 Å². The molecule has 39 heavy (non-hydrogen) atoms. The van der Waals surface area contributed by atoms with Crippen LogP contribution in [-0.4, -0.2) is 149 Å². The fourth-order valence-electron chi connectivity index (χ4n) is 3.96. The Hall–Kier alpha value is -1.64. The molecule has 1 aliphatic carbocycles. The Morgan fingerprint density at radius 3 is 1.92 bits per heavy atom. The summed E-state index contributed by atoms with van der Waals surface area (Å²) in [5, 5.41) is 85.4. The van der Waals surface area contributed by atoms with E-state index in [-0.39, 0.29) is 10.9 Å². The lowest BCUT2D eigenvalue weighted by Gasteiger charge is -2.47. The highest BCUT2D eigenvalue weighted by molar-refractivity contribution is 8.13. The fourth-order valence-corrected chi connectivity index (χ4v) is 4.60. The zero-order valence-corrected chi connectivity index (χ0v) is 22.6. The second-order valence-electron chi connectivity index (χ2n) is 10.3. The molecule has 2 rings (SSSR count). The molecule has 2 fully saturated rings. The van der Waals surface area contributed by atoms with E-state index in [9.17, 15) is 55.2 Å². The van der Waals surface area contributed by atoms with Gasteiger partial charge in [-0.3, -0.25) is 9.59 Å². The number of aliphatic hydroxyl groups is 8. The summed E-state index contributed by atoms with van der Waals surface area (Å²) in [5.41, 5.74) is -0.918. The number of carbonyl (C=O) groups is 3. The Balaban J connectivity index is 2.30. The minimum absolute atomic E-state index is 0.256. The molecule has 16 nitrogen and oxygen atoms in total. The average Bonchev–Trinajstić information content (AvgIpc) is 2.84. The van der Waals surface area contributed by atoms with Crippen molar-refractivity contribution in [2.24, 2.45) is 0 Å². The van der Waals surface area contributed by atoms with Crippen LogP contribution in [0.4, 0.5) is 4.79 Å². The van der Waals surface area contributed by atoms with Gasteiger partial charge in [0.1, 0.15) is 72.6 Å². The van der Waals surface area contributed by atoms with Crippen molar-refractivity contribution in [2.45, 2.75) is 107 Å². The summed E-state index contributed by atoms with van der Waals surface area (Å²) in [6.07, 6.45) is -19.5. The van der Waals surface area contributed by atoms with Crippen LogP contribution in [0.1, 0.15) is 27.7 Å². The maximum Gasteiger partial charge on any atom is 0.408 e. The number of ether oxygens (including phenoxy) is 3. The third-order valence-electron chi connectivity index (χ3n) is 6.01. The minimum Gasteiger partial charge on any atom is -0.444 e. The van der Waals surface area contributed by atoms with Crippen LogP contribution in [0.25, 0.3) is 0 Å². The number of nitrogens with one attached hydrogen (secondary N) is 2. The largest absolute Gasteiger partial charge is 0.444 e. The molecule has 2 unspecified atom stereocenters. The number of amides is 2. The first-order chi connectivity index (χ1) is 18.0. The van der Waals surface area contributed by atoms with E-state index < -0.39 is 97.5 Å². The Bertz CT molecular complexity index is 843. The van der Waals surface area contributed by atoms with Gasteiger partial charge in [-0.1, -0.05) is 11.8 Å². The van der Waals surface area contributed by atoms with Gasteiger partial charge in [0.05, 0.1) is 6.61 Å². The maximum absolute atomic E-state index is 13.2. The van der Waals surface area contributed by atoms with Gasteiger partial charge in [-0.05, 0) is 20.8 Å². The molecular weight excluding hydrogens is 548 g/mol. The van der Waals surface area contributed by atoms with Gasteiger partial charge >= 0.3 is 6.09 Å². The molecule has 0 bridgehead atoms. The van der Waals surface area contributed by atoms with Crippen LogP contribution in [0.15, 0.2) is 0 Å². The van der Waals surface area contributed by atoms with Gasteiger partial charge in [0.15, 0.2) is 11.4 Å². The molecular formula is C22H38N2O14S. The normalized spacial score (nSPS) is 38.0. The molecule has 0 spiro atoms. The number of aliphatic hydroxyl groups excluding tert-OH is 8. The lowest BCUT2D eigenvalue weighted by atomic mass is 9.84. The Labute approximate surface area is 228 Å². The first-order valence-electron chi connectivity index (χ1n) is 12.1. The minimum atomic E-state index is -1.97. The van der Waals surface area contributed by atoms with E-state index in [0.717, 1.165) is 0 Å². The summed E-state index contributed by atoms with van der Waals surface area (Å²) in [6.45, 7) is 5.18. The van der Waals surface area contributed by atoms with Gasteiger partial charge in [-0.15, -0.1) is 0 Å². The van der Waals surface area contributed by atoms with Gasteiger partial charge in [0.2, 0.25) is 5.91 Å². The molecule has 17 heteroatoms. The number of thioether (sulfide) groups is 1. The first kappa shape index (κ1) is 33.6. The third-order valence-corrected chi connectivity index (χ3v) is 6.92. The average molecular weight is 587 g/mol. The van der Waals surface area contributed by atoms with Crippen molar-refractivity contribution in [3.8, 4) is 0 Å². The van der Waals surface area contributed by atoms with Crippen molar-refractivity contribution >= 4 is 28.9 Å². The molecule has 12 atom stereocenters. The quantitative estimate of drug-likeness (QED) is 0.128. The van der Waals surface area contributed by atoms with Crippen LogP contribution in [0.2, 0.25) is 0 Å². The number of rotatable bonds is 8. The summed E-state index contributed by atoms with van der Waals surface area (Å²) in [4.78, 5) is 37.0. The van der Waals surface area contributed by atoms with E-state index in [1.165, 1.54) is 6.92 Å². The molecule has 1 saturated heterocycles. The standard InChI is InChI=1S/C22H38N2O14S/c1-7(26)39-6-8(23-21(35)38-22(2,3)4)19(34)24-10-12(28)11(27)9(5-25)36-20(10)37-18-16(32)14(30)13(29)15(31)17(18)33/h8-18,20,25,27-33H,5-6H2,1-4H3,(H,23,35)(H,24,34)/t8-,9+,10+,11+,12+,13?,14-,15+,16+,17+,18?,20+/m0/s1. The van der Waals surface area contributed by atoms with Gasteiger partial charge < -0.3 is 65.7 Å². The molecule has 1 aliphatic heterocycles. The third kappa shape index (κ3) is 8.67. The van der Waals surface area contributed by atoms with Gasteiger partial charge in [-0.25, -0.2) is 4.79 Å². The Morgan fingerprint density at radius 2 is 1.44 bits per heavy atom. The fraction of sp³-hybridized carbons (Fsp3) is 0.864. The SMILES string of the molecule is CC(=O)SC[C@H](NC(=O)OC(C)(C)C)C(=O)N[C@H]1[C@@H](OC2[C@H](O)[C@H](O)C(O)[C@H](O)[C@H]2O)O[C@H](CO)[C@@H](O)[C@@H]1O. The molecule has 0 aromatic carbocycles. The van der Waals surface area contributed by atoms with Crippen molar-refractivity contribution in [1.82, 2.24) is 10.6 Å². The molecule has 10 N–H and O–H groups in total. The highest BCUT2D eigenvalue weighted by atomic mass is 32.2. The molecule has 1 saturated carbocycles.